The Morgan fingerprint density at radius 2 is 1.90 bits per heavy atom. The number of fused-ring (bicyclic) bond motifs is 1. The molecular weight excluding hydrogens is 547 g/mol. The van der Waals surface area contributed by atoms with Crippen LogP contribution in [-0.4, -0.2) is 48.9 Å². The van der Waals surface area contributed by atoms with E-state index in [0.29, 0.717) is 34.7 Å². The lowest BCUT2D eigenvalue weighted by atomic mass is 9.54. The number of nitrogens with one attached hydrogen (secondary N) is 2. The lowest BCUT2D eigenvalue weighted by Gasteiger charge is -2.52. The van der Waals surface area contributed by atoms with Gasteiger partial charge >= 0.3 is 6.18 Å². The minimum absolute atomic E-state index is 0.108. The minimum Gasteiger partial charge on any atom is -0.355 e. The van der Waals surface area contributed by atoms with E-state index in [0.717, 1.165) is 24.7 Å². The number of aryl methyl sites for hydroxylation is 1. The Labute approximate surface area is 241 Å². The highest BCUT2D eigenvalue weighted by atomic mass is 19.4. The van der Waals surface area contributed by atoms with Crippen LogP contribution in [0, 0.1) is 35.0 Å². The predicted molar refractivity (Wildman–Crippen MR) is 146 cm³/mol. The SMILES string of the molecule is CCn1nccc1C(=O)NC(c1cn2nc(CC3C[C@@H](C(F)(F)F)CNC3=O)ccc2n1)C1CC(C2CC2)(C2CC2)C1. The van der Waals surface area contributed by atoms with E-state index < -0.39 is 18.0 Å². The Morgan fingerprint density at radius 3 is 2.57 bits per heavy atom. The summed E-state index contributed by atoms with van der Waals surface area (Å²) < 4.78 is 43.2. The molecule has 12 heteroatoms. The smallest absolute Gasteiger partial charge is 0.355 e. The zero-order chi connectivity index (χ0) is 29.2. The summed E-state index contributed by atoms with van der Waals surface area (Å²) >= 11 is 0. The summed E-state index contributed by atoms with van der Waals surface area (Å²) in [4.78, 5) is 30.7. The maximum atomic E-state index is 13.4. The number of rotatable bonds is 9. The van der Waals surface area contributed by atoms with Crippen molar-refractivity contribution < 1.29 is 22.8 Å². The molecule has 1 saturated heterocycles. The standard InChI is InChI=1S/C30H36F3N7O2/c1-2-39-24(9-10-35-39)28(42)37-26(18-13-29(14-18,19-3-4-19)20-5-6-20)23-16-40-25(36-23)8-7-22(38-40)12-17-11-21(30(31,32)33)15-34-27(17)41/h7-10,16-21,26H,2-6,11-15H2,1H3,(H,34,41)(H,37,42)/t17?,21-,26?/m1/s1. The van der Waals surface area contributed by atoms with Gasteiger partial charge in [0, 0.05) is 31.6 Å². The minimum atomic E-state index is -4.35. The summed E-state index contributed by atoms with van der Waals surface area (Å²) in [7, 11) is 0. The van der Waals surface area contributed by atoms with Gasteiger partial charge in [-0.2, -0.15) is 23.4 Å². The second-order valence-corrected chi connectivity index (χ2v) is 12.8. The topological polar surface area (TPSA) is 106 Å². The van der Waals surface area contributed by atoms with Crippen molar-refractivity contribution in [1.29, 1.82) is 0 Å². The molecule has 4 aliphatic rings. The van der Waals surface area contributed by atoms with Gasteiger partial charge in [0.1, 0.15) is 5.69 Å². The van der Waals surface area contributed by atoms with Crippen molar-refractivity contribution in [2.75, 3.05) is 6.54 Å². The van der Waals surface area contributed by atoms with Crippen molar-refractivity contribution in [1.82, 2.24) is 35.0 Å². The van der Waals surface area contributed by atoms with Crippen LogP contribution in [-0.2, 0) is 17.8 Å². The molecule has 9 nitrogen and oxygen atoms in total. The third kappa shape index (κ3) is 4.96. The number of aromatic nitrogens is 5. The Morgan fingerprint density at radius 1 is 1.17 bits per heavy atom. The molecule has 2 unspecified atom stereocenters. The molecule has 0 aromatic carbocycles. The maximum absolute atomic E-state index is 13.4. The molecule has 3 atom stereocenters. The second kappa shape index (κ2) is 10.1. The van der Waals surface area contributed by atoms with Crippen molar-refractivity contribution in [3.63, 3.8) is 0 Å². The summed E-state index contributed by atoms with van der Waals surface area (Å²) in [5.74, 6) is -1.07. The highest BCUT2D eigenvalue weighted by molar-refractivity contribution is 5.92. The number of alkyl halides is 3. The van der Waals surface area contributed by atoms with Gasteiger partial charge in [-0.1, -0.05) is 0 Å². The molecule has 3 aliphatic carbocycles. The van der Waals surface area contributed by atoms with Gasteiger partial charge < -0.3 is 10.6 Å². The Balaban J connectivity index is 1.14. The molecule has 4 fully saturated rings. The van der Waals surface area contributed by atoms with Crippen molar-refractivity contribution >= 4 is 17.5 Å². The average Bonchev–Trinajstić information content (AvgIpc) is 3.86. The van der Waals surface area contributed by atoms with Crippen LogP contribution in [0.25, 0.3) is 5.65 Å². The molecule has 2 amide bonds. The van der Waals surface area contributed by atoms with E-state index in [9.17, 15) is 22.8 Å². The van der Waals surface area contributed by atoms with E-state index in [1.165, 1.54) is 25.7 Å². The summed E-state index contributed by atoms with van der Waals surface area (Å²) in [6.45, 7) is 2.14. The first kappa shape index (κ1) is 27.4. The van der Waals surface area contributed by atoms with Crippen LogP contribution < -0.4 is 10.6 Å². The van der Waals surface area contributed by atoms with E-state index in [2.05, 4.69) is 20.8 Å². The van der Waals surface area contributed by atoms with Crippen LogP contribution in [0.4, 0.5) is 13.2 Å². The van der Waals surface area contributed by atoms with Crippen LogP contribution in [0.3, 0.4) is 0 Å². The third-order valence-electron chi connectivity index (χ3n) is 10.2. The molecule has 0 radical (unpaired) electrons. The molecule has 2 N–H and O–H groups in total. The van der Waals surface area contributed by atoms with E-state index in [4.69, 9.17) is 4.98 Å². The Bertz CT molecular complexity index is 1490. The summed E-state index contributed by atoms with van der Waals surface area (Å²) in [6.07, 6.45) is 6.31. The number of hydrogen-bond acceptors (Lipinski definition) is 5. The zero-order valence-electron chi connectivity index (χ0n) is 23.6. The molecule has 3 saturated carbocycles. The van der Waals surface area contributed by atoms with E-state index in [1.807, 2.05) is 13.1 Å². The van der Waals surface area contributed by atoms with E-state index >= 15 is 0 Å². The highest BCUT2D eigenvalue weighted by Crippen LogP contribution is 2.70. The first-order chi connectivity index (χ1) is 20.1. The lowest BCUT2D eigenvalue weighted by Crippen LogP contribution is -2.48. The Hall–Kier alpha value is -3.44. The number of carbonyl (C=O) groups is 2. The zero-order valence-corrected chi connectivity index (χ0v) is 23.6. The highest BCUT2D eigenvalue weighted by Gasteiger charge is 2.61. The van der Waals surface area contributed by atoms with Crippen LogP contribution in [0.1, 0.15) is 79.8 Å². The number of imidazole rings is 1. The quantitative estimate of drug-likeness (QED) is 0.386. The second-order valence-electron chi connectivity index (χ2n) is 12.8. The molecule has 4 heterocycles. The molecular formula is C30H36F3N7O2. The fourth-order valence-electron chi connectivity index (χ4n) is 7.67. The van der Waals surface area contributed by atoms with Crippen LogP contribution in [0.15, 0.2) is 30.6 Å². The molecule has 224 valence electrons. The van der Waals surface area contributed by atoms with Gasteiger partial charge in [0.25, 0.3) is 5.91 Å². The number of piperidine rings is 1. The van der Waals surface area contributed by atoms with Gasteiger partial charge in [0.15, 0.2) is 5.65 Å². The fourth-order valence-corrected chi connectivity index (χ4v) is 7.67. The van der Waals surface area contributed by atoms with E-state index in [-0.39, 0.29) is 43.2 Å². The first-order valence-corrected chi connectivity index (χ1v) is 15.2. The van der Waals surface area contributed by atoms with Crippen LogP contribution in [0.2, 0.25) is 0 Å². The monoisotopic (exact) mass is 583 g/mol. The average molecular weight is 584 g/mol. The Kier molecular flexibility index (Phi) is 6.58. The fraction of sp³-hybridized carbons (Fsp3) is 0.633. The normalized spacial score (nSPS) is 25.2. The molecule has 0 bridgehead atoms. The van der Waals surface area contributed by atoms with Crippen molar-refractivity contribution in [3.8, 4) is 0 Å². The first-order valence-electron chi connectivity index (χ1n) is 15.2. The summed E-state index contributed by atoms with van der Waals surface area (Å²) in [5.41, 5.74) is 2.73. The summed E-state index contributed by atoms with van der Waals surface area (Å²) in [6, 6.07) is 4.92. The van der Waals surface area contributed by atoms with E-state index in [1.54, 1.807) is 33.6 Å². The largest absolute Gasteiger partial charge is 0.393 e. The van der Waals surface area contributed by atoms with Crippen molar-refractivity contribution in [2.45, 2.75) is 77.1 Å². The molecule has 7 rings (SSSR count). The van der Waals surface area contributed by atoms with Gasteiger partial charge in [-0.15, -0.1) is 0 Å². The van der Waals surface area contributed by atoms with Gasteiger partial charge in [0.05, 0.1) is 29.5 Å². The number of amides is 2. The predicted octanol–water partition coefficient (Wildman–Crippen LogP) is 4.49. The molecule has 1 aliphatic heterocycles. The number of halogens is 3. The third-order valence-corrected chi connectivity index (χ3v) is 10.2. The van der Waals surface area contributed by atoms with Gasteiger partial charge in [-0.3, -0.25) is 14.3 Å². The summed E-state index contributed by atoms with van der Waals surface area (Å²) in [5, 5.41) is 14.6. The van der Waals surface area contributed by atoms with Crippen molar-refractivity contribution in [3.05, 3.63) is 47.7 Å². The molecule has 42 heavy (non-hydrogen) atoms. The van der Waals surface area contributed by atoms with Gasteiger partial charge in [-0.25, -0.2) is 9.50 Å². The maximum Gasteiger partial charge on any atom is 0.393 e. The van der Waals surface area contributed by atoms with Gasteiger partial charge in [0.2, 0.25) is 5.91 Å². The van der Waals surface area contributed by atoms with Crippen LogP contribution >= 0.6 is 0 Å². The van der Waals surface area contributed by atoms with Crippen LogP contribution in [0.5, 0.6) is 0 Å². The van der Waals surface area contributed by atoms with Gasteiger partial charge in [-0.05, 0) is 93.2 Å². The number of nitrogens with zero attached hydrogens (tertiary/aromatic N) is 5. The molecule has 0 spiro atoms. The lowest BCUT2D eigenvalue weighted by molar-refractivity contribution is -0.183. The molecule has 3 aromatic heterocycles. The number of hydrogen-bond donors (Lipinski definition) is 2. The van der Waals surface area contributed by atoms with Crippen molar-refractivity contribution in [2.24, 2.45) is 35.0 Å². The number of carbonyl (C=O) groups excluding carboxylic acids is 2. The molecule has 3 aromatic rings.